The summed E-state index contributed by atoms with van der Waals surface area (Å²) in [5, 5.41) is 10.1. The van der Waals surface area contributed by atoms with Crippen LogP contribution in [0.4, 0.5) is 0 Å². The lowest BCUT2D eigenvalue weighted by molar-refractivity contribution is 0.0418. The number of allylic oxidation sites excluding steroid dienone is 1. The highest BCUT2D eigenvalue weighted by molar-refractivity contribution is 6.04. The van der Waals surface area contributed by atoms with Crippen molar-refractivity contribution in [2.45, 2.75) is 25.5 Å². The molecule has 0 bridgehead atoms. The maximum Gasteiger partial charge on any atom is 0.256 e. The second-order valence-electron chi connectivity index (χ2n) is 4.86. The fourth-order valence-electron chi connectivity index (χ4n) is 2.76. The van der Waals surface area contributed by atoms with Crippen LogP contribution < -0.4 is 0 Å². The van der Waals surface area contributed by atoms with Crippen LogP contribution in [0, 0.1) is 0 Å². The Hall–Kier alpha value is -1.61. The number of carbonyl (C=O) groups is 1. The summed E-state index contributed by atoms with van der Waals surface area (Å²) in [5.41, 5.74) is 3.74. The normalized spacial score (nSPS) is 26.6. The lowest BCUT2D eigenvalue weighted by Gasteiger charge is -2.36. The highest BCUT2D eigenvalue weighted by Gasteiger charge is 2.36. The average Bonchev–Trinajstić information content (AvgIpc) is 2.35. The molecule has 0 aromatic heterocycles. The quantitative estimate of drug-likeness (QED) is 0.739. The minimum Gasteiger partial charge on any atom is -0.369 e. The van der Waals surface area contributed by atoms with Crippen LogP contribution in [0.1, 0.15) is 40.7 Å². The van der Waals surface area contributed by atoms with E-state index in [2.05, 4.69) is 19.1 Å². The van der Waals surface area contributed by atoms with Gasteiger partial charge >= 0.3 is 0 Å². The number of nitrogens with zero attached hydrogens (tertiary/aromatic N) is 1. The molecule has 0 spiro atoms. The highest BCUT2D eigenvalue weighted by Crippen LogP contribution is 2.41. The minimum absolute atomic E-state index is 0.0967. The van der Waals surface area contributed by atoms with E-state index in [-0.39, 0.29) is 5.91 Å². The Kier molecular flexibility index (Phi) is 2.13. The first kappa shape index (κ1) is 10.5. The zero-order chi connectivity index (χ0) is 12.2. The van der Waals surface area contributed by atoms with Crippen LogP contribution in [0.3, 0.4) is 0 Å². The van der Waals surface area contributed by atoms with Gasteiger partial charge in [-0.15, -0.1) is 0 Å². The molecule has 1 N–H and O–H groups in total. The first-order valence-electron chi connectivity index (χ1n) is 5.90. The molecule has 0 saturated heterocycles. The molecular weight excluding hydrogens is 214 g/mol. The predicted molar refractivity (Wildman–Crippen MR) is 65.6 cm³/mol. The van der Waals surface area contributed by atoms with Crippen LogP contribution in [0.2, 0.25) is 0 Å². The summed E-state index contributed by atoms with van der Waals surface area (Å²) in [6.07, 6.45) is 2.18. The molecule has 1 heterocycles. The zero-order valence-electron chi connectivity index (χ0n) is 9.97. The molecule has 88 valence electrons. The molecule has 3 nitrogen and oxygen atoms in total. The van der Waals surface area contributed by atoms with E-state index in [0.717, 1.165) is 17.6 Å². The lowest BCUT2D eigenvalue weighted by atomic mass is 9.79. The summed E-state index contributed by atoms with van der Waals surface area (Å²) in [5.74, 6) is 0.317. The fourth-order valence-corrected chi connectivity index (χ4v) is 2.76. The molecule has 0 radical (unpaired) electrons. The molecule has 1 aromatic carbocycles. The van der Waals surface area contributed by atoms with E-state index >= 15 is 0 Å². The first-order chi connectivity index (χ1) is 8.11. The Bertz CT molecular complexity index is 533. The third-order valence-electron chi connectivity index (χ3n) is 3.80. The molecule has 0 saturated carbocycles. The maximum absolute atomic E-state index is 12.1. The number of carbonyl (C=O) groups excluding carboxylic acids is 1. The van der Waals surface area contributed by atoms with E-state index in [4.69, 9.17) is 0 Å². The summed E-state index contributed by atoms with van der Waals surface area (Å²) in [6.45, 7) is 2.15. The number of aliphatic hydroxyl groups excluding tert-OH is 1. The van der Waals surface area contributed by atoms with Crippen LogP contribution >= 0.6 is 0 Å². The second kappa shape index (κ2) is 3.44. The molecule has 1 amide bonds. The number of benzene rings is 1. The average molecular weight is 229 g/mol. The molecule has 3 rings (SSSR count). The number of hydrogen-bond donors (Lipinski definition) is 1. The molecule has 3 heteroatoms. The largest absolute Gasteiger partial charge is 0.369 e. The second-order valence-corrected chi connectivity index (χ2v) is 4.86. The molecule has 0 fully saturated rings. The number of aliphatic hydroxyl groups is 1. The Morgan fingerprint density at radius 1 is 1.41 bits per heavy atom. The molecule has 1 aromatic rings. The van der Waals surface area contributed by atoms with E-state index in [1.165, 1.54) is 10.5 Å². The van der Waals surface area contributed by atoms with Gasteiger partial charge in [0.2, 0.25) is 0 Å². The van der Waals surface area contributed by atoms with Gasteiger partial charge in [0, 0.05) is 18.2 Å². The Morgan fingerprint density at radius 2 is 2.18 bits per heavy atom. The highest BCUT2D eigenvalue weighted by atomic mass is 16.3. The van der Waals surface area contributed by atoms with Gasteiger partial charge in [-0.1, -0.05) is 25.1 Å². The molecule has 1 aliphatic carbocycles. The lowest BCUT2D eigenvalue weighted by Crippen LogP contribution is -2.43. The van der Waals surface area contributed by atoms with Crippen molar-refractivity contribution in [1.82, 2.24) is 4.90 Å². The third kappa shape index (κ3) is 1.29. The van der Waals surface area contributed by atoms with E-state index in [9.17, 15) is 9.90 Å². The van der Waals surface area contributed by atoms with Gasteiger partial charge in [0.05, 0.1) is 0 Å². The third-order valence-corrected chi connectivity index (χ3v) is 3.80. The standard InChI is InChI=1S/C14H15NO2/c1-8-6-7-11-12-9(8)4-3-5-10(12)13(16)15(2)14(11)17/h3-5,7-8,14,17H,6H2,1-2H3/t8-,14?/m0/s1. The fraction of sp³-hybridized carbons (Fsp3) is 0.357. The summed E-state index contributed by atoms with van der Waals surface area (Å²) >= 11 is 0. The van der Waals surface area contributed by atoms with Crippen molar-refractivity contribution in [2.75, 3.05) is 7.05 Å². The molecule has 17 heavy (non-hydrogen) atoms. The Balaban J connectivity index is 2.31. The van der Waals surface area contributed by atoms with Crippen LogP contribution in [-0.4, -0.2) is 29.2 Å². The van der Waals surface area contributed by atoms with Crippen molar-refractivity contribution in [1.29, 1.82) is 0 Å². The summed E-state index contributed by atoms with van der Waals surface area (Å²) < 4.78 is 0. The SMILES string of the molecule is C[C@H]1CC=C2c3c(cccc31)C(=O)N(C)C2O. The van der Waals surface area contributed by atoms with Gasteiger partial charge in [0.15, 0.2) is 6.23 Å². The number of amides is 1. The summed E-state index contributed by atoms with van der Waals surface area (Å²) in [6, 6.07) is 5.83. The smallest absolute Gasteiger partial charge is 0.256 e. The van der Waals surface area contributed by atoms with E-state index in [1.807, 2.05) is 12.1 Å². The van der Waals surface area contributed by atoms with Crippen molar-refractivity contribution >= 4 is 11.5 Å². The summed E-state index contributed by atoms with van der Waals surface area (Å²) in [7, 11) is 1.64. The minimum atomic E-state index is -0.802. The summed E-state index contributed by atoms with van der Waals surface area (Å²) in [4.78, 5) is 13.5. The van der Waals surface area contributed by atoms with Gasteiger partial charge in [-0.3, -0.25) is 4.79 Å². The van der Waals surface area contributed by atoms with E-state index < -0.39 is 6.23 Å². The maximum atomic E-state index is 12.1. The van der Waals surface area contributed by atoms with Crippen molar-refractivity contribution in [3.8, 4) is 0 Å². The van der Waals surface area contributed by atoms with E-state index in [1.54, 1.807) is 7.05 Å². The molecular formula is C14H15NO2. The van der Waals surface area contributed by atoms with Crippen molar-refractivity contribution < 1.29 is 9.90 Å². The monoisotopic (exact) mass is 229 g/mol. The number of rotatable bonds is 0. The van der Waals surface area contributed by atoms with E-state index in [0.29, 0.717) is 11.5 Å². The van der Waals surface area contributed by atoms with Gasteiger partial charge < -0.3 is 10.0 Å². The van der Waals surface area contributed by atoms with Crippen molar-refractivity contribution in [3.05, 3.63) is 41.0 Å². The predicted octanol–water partition coefficient (Wildman–Crippen LogP) is 1.98. The van der Waals surface area contributed by atoms with Gasteiger partial charge in [-0.2, -0.15) is 0 Å². The molecule has 2 atom stereocenters. The molecule has 1 aliphatic heterocycles. The number of hydrogen-bond acceptors (Lipinski definition) is 2. The van der Waals surface area contributed by atoms with Gasteiger partial charge in [-0.25, -0.2) is 0 Å². The van der Waals surface area contributed by atoms with Crippen LogP contribution in [0.5, 0.6) is 0 Å². The van der Waals surface area contributed by atoms with Crippen molar-refractivity contribution in [3.63, 3.8) is 0 Å². The van der Waals surface area contributed by atoms with Gasteiger partial charge in [0.1, 0.15) is 0 Å². The van der Waals surface area contributed by atoms with Gasteiger partial charge in [0.25, 0.3) is 5.91 Å². The zero-order valence-corrected chi connectivity index (χ0v) is 9.97. The molecule has 1 unspecified atom stereocenters. The van der Waals surface area contributed by atoms with Crippen molar-refractivity contribution in [2.24, 2.45) is 0 Å². The van der Waals surface area contributed by atoms with Crippen LogP contribution in [0.15, 0.2) is 24.3 Å². The Morgan fingerprint density at radius 3 is 2.94 bits per heavy atom. The Labute approximate surface area is 100 Å². The molecule has 2 aliphatic rings. The number of likely N-dealkylation sites (N-methyl/N-ethyl adjacent to an activating group) is 1. The van der Waals surface area contributed by atoms with Crippen LogP contribution in [-0.2, 0) is 0 Å². The topological polar surface area (TPSA) is 40.5 Å². The van der Waals surface area contributed by atoms with Gasteiger partial charge in [-0.05, 0) is 29.5 Å². The first-order valence-corrected chi connectivity index (χ1v) is 5.90. The van der Waals surface area contributed by atoms with Crippen LogP contribution in [0.25, 0.3) is 5.57 Å².